The molecular formula is C14H19NO2. The first-order valence-corrected chi connectivity index (χ1v) is 5.83. The normalized spacial score (nSPS) is 11.9. The number of hydrogen-bond donors (Lipinski definition) is 1. The molecule has 1 unspecified atom stereocenters. The standard InChI is InChI=1S/C14H19NO2/c1-3-7-12(15)14(16)11-8-5-6-9-13(11)17-10-4-2/h3,5-6,8-9,12H,1,4,7,10,15H2,2H3. The van der Waals surface area contributed by atoms with Crippen molar-refractivity contribution < 1.29 is 9.53 Å². The van der Waals surface area contributed by atoms with Crippen LogP contribution in [0.1, 0.15) is 30.1 Å². The Labute approximate surface area is 102 Å². The molecule has 0 aliphatic heterocycles. The van der Waals surface area contributed by atoms with Crippen molar-refractivity contribution in [1.82, 2.24) is 0 Å². The molecule has 0 fully saturated rings. The molecule has 0 aliphatic rings. The highest BCUT2D eigenvalue weighted by Gasteiger charge is 2.18. The summed E-state index contributed by atoms with van der Waals surface area (Å²) in [5.41, 5.74) is 6.33. The van der Waals surface area contributed by atoms with Gasteiger partial charge < -0.3 is 10.5 Å². The molecule has 0 saturated carbocycles. The second-order valence-electron chi connectivity index (χ2n) is 3.84. The first-order valence-electron chi connectivity index (χ1n) is 5.83. The first-order chi connectivity index (χ1) is 8.20. The Balaban J connectivity index is 2.88. The third kappa shape index (κ3) is 3.71. The summed E-state index contributed by atoms with van der Waals surface area (Å²) < 4.78 is 5.53. The van der Waals surface area contributed by atoms with Crippen LogP contribution in [0, 0.1) is 0 Å². The largest absolute Gasteiger partial charge is 0.493 e. The Morgan fingerprint density at radius 3 is 2.88 bits per heavy atom. The molecule has 2 N–H and O–H groups in total. The number of nitrogens with two attached hydrogens (primary N) is 1. The summed E-state index contributed by atoms with van der Waals surface area (Å²) in [6.07, 6.45) is 3.03. The molecule has 1 aromatic rings. The van der Waals surface area contributed by atoms with Gasteiger partial charge >= 0.3 is 0 Å². The minimum atomic E-state index is -0.543. The summed E-state index contributed by atoms with van der Waals surface area (Å²) in [4.78, 5) is 12.1. The third-order valence-corrected chi connectivity index (χ3v) is 2.37. The zero-order valence-electron chi connectivity index (χ0n) is 10.2. The van der Waals surface area contributed by atoms with Gasteiger partial charge in [0.05, 0.1) is 18.2 Å². The molecule has 1 atom stereocenters. The average molecular weight is 233 g/mol. The number of para-hydroxylation sites is 1. The van der Waals surface area contributed by atoms with Crippen molar-refractivity contribution in [2.75, 3.05) is 6.61 Å². The zero-order chi connectivity index (χ0) is 12.7. The van der Waals surface area contributed by atoms with E-state index in [1.54, 1.807) is 18.2 Å². The summed E-state index contributed by atoms with van der Waals surface area (Å²) in [5.74, 6) is 0.510. The van der Waals surface area contributed by atoms with Crippen LogP contribution in [0.5, 0.6) is 5.75 Å². The maximum Gasteiger partial charge on any atom is 0.183 e. The third-order valence-electron chi connectivity index (χ3n) is 2.37. The summed E-state index contributed by atoms with van der Waals surface area (Å²) >= 11 is 0. The van der Waals surface area contributed by atoms with Gasteiger partial charge in [0.25, 0.3) is 0 Å². The first kappa shape index (κ1) is 13.5. The molecule has 92 valence electrons. The lowest BCUT2D eigenvalue weighted by Gasteiger charge is -2.13. The van der Waals surface area contributed by atoms with Gasteiger partial charge in [-0.25, -0.2) is 0 Å². The number of ketones is 1. The second-order valence-corrected chi connectivity index (χ2v) is 3.84. The molecule has 17 heavy (non-hydrogen) atoms. The number of ether oxygens (including phenoxy) is 1. The Hall–Kier alpha value is -1.61. The average Bonchev–Trinajstić information content (AvgIpc) is 2.36. The van der Waals surface area contributed by atoms with Gasteiger partial charge in [0.2, 0.25) is 0 Å². The molecule has 0 radical (unpaired) electrons. The lowest BCUT2D eigenvalue weighted by atomic mass is 10.0. The SMILES string of the molecule is C=CCC(N)C(=O)c1ccccc1OCCC. The molecular weight excluding hydrogens is 214 g/mol. The second kappa shape index (κ2) is 6.86. The summed E-state index contributed by atoms with van der Waals surface area (Å²) in [6.45, 7) is 6.21. The predicted molar refractivity (Wildman–Crippen MR) is 69.3 cm³/mol. The van der Waals surface area contributed by atoms with E-state index in [0.717, 1.165) is 6.42 Å². The predicted octanol–water partition coefficient (Wildman–Crippen LogP) is 2.56. The van der Waals surface area contributed by atoms with E-state index < -0.39 is 6.04 Å². The van der Waals surface area contributed by atoms with E-state index >= 15 is 0 Å². The maximum absolute atomic E-state index is 12.1. The lowest BCUT2D eigenvalue weighted by Crippen LogP contribution is -2.30. The van der Waals surface area contributed by atoms with Gasteiger partial charge in [-0.2, -0.15) is 0 Å². The fraction of sp³-hybridized carbons (Fsp3) is 0.357. The monoisotopic (exact) mass is 233 g/mol. The Bertz CT molecular complexity index is 388. The quantitative estimate of drug-likeness (QED) is 0.581. The highest BCUT2D eigenvalue weighted by atomic mass is 16.5. The van der Waals surface area contributed by atoms with E-state index in [2.05, 4.69) is 6.58 Å². The van der Waals surface area contributed by atoms with Crippen molar-refractivity contribution >= 4 is 5.78 Å². The van der Waals surface area contributed by atoms with Gasteiger partial charge in [0.1, 0.15) is 5.75 Å². The van der Waals surface area contributed by atoms with Crippen LogP contribution in [0.3, 0.4) is 0 Å². The highest BCUT2D eigenvalue weighted by Crippen LogP contribution is 2.20. The molecule has 3 heteroatoms. The van der Waals surface area contributed by atoms with Gasteiger partial charge in [-0.3, -0.25) is 4.79 Å². The van der Waals surface area contributed by atoms with Gasteiger partial charge in [0, 0.05) is 0 Å². The molecule has 0 bridgehead atoms. The number of Topliss-reactive ketones (excluding diaryl/α,β-unsaturated/α-hetero) is 1. The van der Waals surface area contributed by atoms with E-state index in [-0.39, 0.29) is 5.78 Å². The number of hydrogen-bond acceptors (Lipinski definition) is 3. The van der Waals surface area contributed by atoms with E-state index in [4.69, 9.17) is 10.5 Å². The van der Waals surface area contributed by atoms with E-state index in [1.165, 1.54) is 0 Å². The summed E-state index contributed by atoms with van der Waals surface area (Å²) in [5, 5.41) is 0. The molecule has 0 saturated heterocycles. The van der Waals surface area contributed by atoms with Crippen LogP contribution < -0.4 is 10.5 Å². The Morgan fingerprint density at radius 1 is 1.53 bits per heavy atom. The van der Waals surface area contributed by atoms with Crippen molar-refractivity contribution in [3.8, 4) is 5.75 Å². The van der Waals surface area contributed by atoms with Crippen molar-refractivity contribution in [3.63, 3.8) is 0 Å². The smallest absolute Gasteiger partial charge is 0.183 e. The van der Waals surface area contributed by atoms with Gasteiger partial charge in [-0.1, -0.05) is 25.1 Å². The molecule has 0 spiro atoms. The molecule has 1 aromatic carbocycles. The lowest BCUT2D eigenvalue weighted by molar-refractivity contribution is 0.0958. The Morgan fingerprint density at radius 2 is 2.24 bits per heavy atom. The van der Waals surface area contributed by atoms with Crippen LogP contribution in [0.4, 0.5) is 0 Å². The number of carbonyl (C=O) groups excluding carboxylic acids is 1. The fourth-order valence-corrected chi connectivity index (χ4v) is 1.49. The number of rotatable bonds is 7. The van der Waals surface area contributed by atoms with E-state index in [9.17, 15) is 4.79 Å². The number of carbonyl (C=O) groups is 1. The summed E-state index contributed by atoms with van der Waals surface area (Å²) in [7, 11) is 0. The van der Waals surface area contributed by atoms with E-state index in [0.29, 0.717) is 24.3 Å². The summed E-state index contributed by atoms with van der Waals surface area (Å²) in [6, 6.07) is 6.66. The van der Waals surface area contributed by atoms with Gasteiger partial charge in [-0.15, -0.1) is 6.58 Å². The molecule has 3 nitrogen and oxygen atoms in total. The van der Waals surface area contributed by atoms with Gasteiger partial charge in [0.15, 0.2) is 5.78 Å². The highest BCUT2D eigenvalue weighted by molar-refractivity contribution is 6.02. The topological polar surface area (TPSA) is 52.3 Å². The van der Waals surface area contributed by atoms with Gasteiger partial charge in [-0.05, 0) is 25.0 Å². The van der Waals surface area contributed by atoms with E-state index in [1.807, 2.05) is 19.1 Å². The zero-order valence-corrected chi connectivity index (χ0v) is 10.2. The van der Waals surface area contributed by atoms with Crippen LogP contribution in [-0.2, 0) is 0 Å². The molecule has 0 aromatic heterocycles. The maximum atomic E-state index is 12.1. The van der Waals surface area contributed by atoms with Crippen molar-refractivity contribution in [2.24, 2.45) is 5.73 Å². The van der Waals surface area contributed by atoms with Crippen LogP contribution in [0.25, 0.3) is 0 Å². The van der Waals surface area contributed by atoms with Crippen LogP contribution in [0.15, 0.2) is 36.9 Å². The molecule has 0 heterocycles. The minimum absolute atomic E-state index is 0.100. The number of benzene rings is 1. The Kier molecular flexibility index (Phi) is 5.43. The van der Waals surface area contributed by atoms with Crippen molar-refractivity contribution in [1.29, 1.82) is 0 Å². The van der Waals surface area contributed by atoms with Crippen LogP contribution in [0.2, 0.25) is 0 Å². The minimum Gasteiger partial charge on any atom is -0.493 e. The molecule has 0 aliphatic carbocycles. The van der Waals surface area contributed by atoms with Crippen molar-refractivity contribution in [2.45, 2.75) is 25.8 Å². The van der Waals surface area contributed by atoms with Crippen LogP contribution in [-0.4, -0.2) is 18.4 Å². The molecule has 1 rings (SSSR count). The molecule has 0 amide bonds. The fourth-order valence-electron chi connectivity index (χ4n) is 1.49. The van der Waals surface area contributed by atoms with Crippen molar-refractivity contribution in [3.05, 3.63) is 42.5 Å². The van der Waals surface area contributed by atoms with Crippen LogP contribution >= 0.6 is 0 Å².